The Labute approximate surface area is 226 Å². The Morgan fingerprint density at radius 1 is 1.00 bits per heavy atom. The number of fused-ring (bicyclic) bond motifs is 1. The standard InChI is InChI=1S/C29H31N5O5/c30-27(31)20-8-10-23(11-9-20)32-28(38)25(36)17-26(37)34(14-15-35)24-7-3-6-21(16-24)29(39)33-13-12-19-4-1-2-5-22(19)18-33/h1-11,16,25,35-36H,12-15,17-18H2,(H3,30,31)(H,32,38)/t25-/m1/s1. The van der Waals surface area contributed by atoms with E-state index in [1.807, 2.05) is 18.2 Å². The molecule has 1 aliphatic heterocycles. The zero-order valence-corrected chi connectivity index (χ0v) is 21.3. The minimum Gasteiger partial charge on any atom is -0.395 e. The van der Waals surface area contributed by atoms with E-state index in [1.54, 1.807) is 41.3 Å². The molecular weight excluding hydrogens is 498 g/mol. The highest BCUT2D eigenvalue weighted by Gasteiger charge is 2.26. The van der Waals surface area contributed by atoms with Crippen LogP contribution in [0, 0.1) is 5.41 Å². The number of rotatable bonds is 9. The highest BCUT2D eigenvalue weighted by atomic mass is 16.3. The molecule has 0 saturated carbocycles. The second-order valence-electron chi connectivity index (χ2n) is 9.26. The SMILES string of the molecule is N=C(N)c1ccc(NC(=O)[C@H](O)CC(=O)N(CCO)c2cccc(C(=O)N3CCc4ccccc4C3)c2)cc1. The number of amidine groups is 1. The number of nitrogens with two attached hydrogens (primary N) is 1. The van der Waals surface area contributed by atoms with Crippen molar-refractivity contribution in [2.45, 2.75) is 25.5 Å². The second-order valence-corrected chi connectivity index (χ2v) is 9.26. The molecule has 3 aromatic rings. The average Bonchev–Trinajstić information content (AvgIpc) is 2.95. The zero-order valence-electron chi connectivity index (χ0n) is 21.3. The molecule has 10 nitrogen and oxygen atoms in total. The molecule has 0 unspecified atom stereocenters. The predicted octanol–water partition coefficient (Wildman–Crippen LogP) is 1.88. The Bertz CT molecular complexity index is 1370. The van der Waals surface area contributed by atoms with Crippen LogP contribution in [0.4, 0.5) is 11.4 Å². The number of nitrogen functional groups attached to an aromatic ring is 1. The van der Waals surface area contributed by atoms with Crippen LogP contribution in [0.5, 0.6) is 0 Å². The molecule has 0 bridgehead atoms. The molecule has 0 saturated heterocycles. The number of hydrogen-bond acceptors (Lipinski definition) is 6. The van der Waals surface area contributed by atoms with Gasteiger partial charge in [0.05, 0.1) is 13.0 Å². The first-order valence-corrected chi connectivity index (χ1v) is 12.6. The van der Waals surface area contributed by atoms with Gasteiger partial charge in [0.2, 0.25) is 5.91 Å². The van der Waals surface area contributed by atoms with Crippen molar-refractivity contribution >= 4 is 34.9 Å². The van der Waals surface area contributed by atoms with Gasteiger partial charge >= 0.3 is 0 Å². The fraction of sp³-hybridized carbons (Fsp3) is 0.241. The third-order valence-corrected chi connectivity index (χ3v) is 6.58. The minimum atomic E-state index is -1.65. The number of anilines is 2. The number of carbonyl (C=O) groups excluding carboxylic acids is 3. The first kappa shape index (κ1) is 27.5. The number of hydrogen-bond donors (Lipinski definition) is 5. The molecule has 0 radical (unpaired) electrons. The van der Waals surface area contributed by atoms with Crippen molar-refractivity contribution in [2.24, 2.45) is 5.73 Å². The first-order valence-electron chi connectivity index (χ1n) is 12.6. The smallest absolute Gasteiger partial charge is 0.254 e. The summed E-state index contributed by atoms with van der Waals surface area (Å²) in [4.78, 5) is 41.9. The maximum atomic E-state index is 13.3. The molecule has 0 aliphatic carbocycles. The van der Waals surface area contributed by atoms with Gasteiger partial charge in [0, 0.05) is 42.1 Å². The summed E-state index contributed by atoms with van der Waals surface area (Å²) in [6.45, 7) is 0.654. The van der Waals surface area contributed by atoms with Crippen molar-refractivity contribution in [3.8, 4) is 0 Å². The maximum Gasteiger partial charge on any atom is 0.254 e. The molecule has 4 rings (SSSR count). The normalized spacial score (nSPS) is 13.2. The van der Waals surface area contributed by atoms with E-state index in [4.69, 9.17) is 11.1 Å². The summed E-state index contributed by atoms with van der Waals surface area (Å²) in [5, 5.41) is 29.9. The van der Waals surface area contributed by atoms with Crippen molar-refractivity contribution in [3.05, 3.63) is 95.1 Å². The van der Waals surface area contributed by atoms with Gasteiger partial charge in [0.15, 0.2) is 0 Å². The topological polar surface area (TPSA) is 160 Å². The van der Waals surface area contributed by atoms with E-state index in [2.05, 4.69) is 11.4 Å². The van der Waals surface area contributed by atoms with E-state index in [0.717, 1.165) is 12.0 Å². The van der Waals surface area contributed by atoms with Crippen LogP contribution in [0.2, 0.25) is 0 Å². The molecular formula is C29H31N5O5. The highest BCUT2D eigenvalue weighted by Crippen LogP contribution is 2.23. The monoisotopic (exact) mass is 529 g/mol. The van der Waals surface area contributed by atoms with Crippen LogP contribution in [-0.2, 0) is 22.6 Å². The highest BCUT2D eigenvalue weighted by molar-refractivity contribution is 6.02. The third kappa shape index (κ3) is 6.67. The summed E-state index contributed by atoms with van der Waals surface area (Å²) in [5.41, 5.74) is 9.39. The fourth-order valence-corrected chi connectivity index (χ4v) is 4.48. The van der Waals surface area contributed by atoms with Gasteiger partial charge in [-0.3, -0.25) is 19.8 Å². The summed E-state index contributed by atoms with van der Waals surface area (Å²) in [6, 6.07) is 20.7. The zero-order chi connectivity index (χ0) is 27.9. The van der Waals surface area contributed by atoms with Crippen molar-refractivity contribution in [1.29, 1.82) is 5.41 Å². The van der Waals surface area contributed by atoms with E-state index in [0.29, 0.717) is 35.6 Å². The molecule has 3 aromatic carbocycles. The van der Waals surface area contributed by atoms with Crippen LogP contribution in [0.1, 0.15) is 33.5 Å². The van der Waals surface area contributed by atoms with Crippen molar-refractivity contribution in [1.82, 2.24) is 4.90 Å². The van der Waals surface area contributed by atoms with Crippen LogP contribution in [-0.4, -0.2) is 64.5 Å². The molecule has 1 aliphatic rings. The lowest BCUT2D eigenvalue weighted by atomic mass is 9.99. The van der Waals surface area contributed by atoms with Crippen LogP contribution in [0.3, 0.4) is 0 Å². The van der Waals surface area contributed by atoms with Gasteiger partial charge in [-0.25, -0.2) is 0 Å². The Morgan fingerprint density at radius 2 is 1.72 bits per heavy atom. The van der Waals surface area contributed by atoms with Gasteiger partial charge in [-0.15, -0.1) is 0 Å². The summed E-state index contributed by atoms with van der Waals surface area (Å²) < 4.78 is 0. The second kappa shape index (κ2) is 12.3. The largest absolute Gasteiger partial charge is 0.395 e. The molecule has 0 fully saturated rings. The number of nitrogens with zero attached hydrogens (tertiary/aromatic N) is 2. The first-order chi connectivity index (χ1) is 18.8. The lowest BCUT2D eigenvalue weighted by molar-refractivity contribution is -0.129. The van der Waals surface area contributed by atoms with E-state index in [9.17, 15) is 24.6 Å². The van der Waals surface area contributed by atoms with Gasteiger partial charge in [-0.2, -0.15) is 0 Å². The van der Waals surface area contributed by atoms with E-state index >= 15 is 0 Å². The molecule has 0 spiro atoms. The number of amides is 3. The molecule has 1 atom stereocenters. The molecule has 10 heteroatoms. The van der Waals surface area contributed by atoms with Crippen molar-refractivity contribution in [3.63, 3.8) is 0 Å². The third-order valence-electron chi connectivity index (χ3n) is 6.58. The Hall–Kier alpha value is -4.54. The molecule has 6 N–H and O–H groups in total. The fourth-order valence-electron chi connectivity index (χ4n) is 4.48. The molecule has 202 valence electrons. The van der Waals surface area contributed by atoms with E-state index in [-0.39, 0.29) is 24.9 Å². The Kier molecular flexibility index (Phi) is 8.70. The Balaban J connectivity index is 1.42. The van der Waals surface area contributed by atoms with Crippen LogP contribution in [0.25, 0.3) is 0 Å². The van der Waals surface area contributed by atoms with Gasteiger partial charge < -0.3 is 31.1 Å². The molecule has 1 heterocycles. The average molecular weight is 530 g/mol. The maximum absolute atomic E-state index is 13.3. The van der Waals surface area contributed by atoms with Crippen LogP contribution in [0.15, 0.2) is 72.8 Å². The quantitative estimate of drug-likeness (QED) is 0.210. The number of nitrogens with one attached hydrogen (secondary N) is 2. The summed E-state index contributed by atoms with van der Waals surface area (Å²) >= 11 is 0. The van der Waals surface area contributed by atoms with Crippen molar-refractivity contribution < 1.29 is 24.6 Å². The lowest BCUT2D eigenvalue weighted by Gasteiger charge is -2.29. The van der Waals surface area contributed by atoms with Crippen molar-refractivity contribution in [2.75, 3.05) is 29.9 Å². The van der Waals surface area contributed by atoms with Gasteiger partial charge in [-0.1, -0.05) is 30.3 Å². The number of carbonyl (C=O) groups is 3. The van der Waals surface area contributed by atoms with Gasteiger partial charge in [-0.05, 0) is 60.0 Å². The van der Waals surface area contributed by atoms with Crippen LogP contribution >= 0.6 is 0 Å². The lowest BCUT2D eigenvalue weighted by Crippen LogP contribution is -2.39. The molecule has 39 heavy (non-hydrogen) atoms. The summed E-state index contributed by atoms with van der Waals surface area (Å²) in [6.07, 6.45) is -1.42. The minimum absolute atomic E-state index is 0.0750. The number of aliphatic hydroxyl groups excluding tert-OH is 2. The number of aliphatic hydroxyl groups is 2. The van der Waals surface area contributed by atoms with Gasteiger partial charge in [0.1, 0.15) is 11.9 Å². The number of benzene rings is 3. The Morgan fingerprint density at radius 3 is 2.41 bits per heavy atom. The molecule has 0 aromatic heterocycles. The van der Waals surface area contributed by atoms with Gasteiger partial charge in [0.25, 0.3) is 11.8 Å². The summed E-state index contributed by atoms with van der Waals surface area (Å²) in [7, 11) is 0. The van der Waals surface area contributed by atoms with E-state index in [1.165, 1.54) is 22.6 Å². The van der Waals surface area contributed by atoms with Crippen LogP contribution < -0.4 is 16.0 Å². The predicted molar refractivity (Wildman–Crippen MR) is 147 cm³/mol. The van der Waals surface area contributed by atoms with E-state index < -0.39 is 24.3 Å². The molecule has 3 amide bonds. The summed E-state index contributed by atoms with van der Waals surface area (Å²) in [5.74, 6) is -1.65.